The molecule has 4 nitrogen and oxygen atoms in total. The van der Waals surface area contributed by atoms with Crippen molar-refractivity contribution in [1.82, 2.24) is 0 Å². The lowest BCUT2D eigenvalue weighted by atomic mass is 10.1. The minimum Gasteiger partial charge on any atom is -0.315 e. The van der Waals surface area contributed by atoms with E-state index in [1.165, 1.54) is 23.9 Å². The monoisotopic (exact) mass is 404 g/mol. The van der Waals surface area contributed by atoms with Gasteiger partial charge in [0.1, 0.15) is 5.82 Å². The molecule has 2 atom stereocenters. The number of rotatable bonds is 3. The molecule has 0 spiro atoms. The first-order chi connectivity index (χ1) is 12.8. The van der Waals surface area contributed by atoms with Crippen LogP contribution >= 0.6 is 11.8 Å². The van der Waals surface area contributed by atoms with Crippen LogP contribution in [0.5, 0.6) is 0 Å². The van der Waals surface area contributed by atoms with Crippen molar-refractivity contribution in [3.8, 4) is 0 Å². The van der Waals surface area contributed by atoms with Gasteiger partial charge in [0.05, 0.1) is 23.6 Å². The molecular weight excluding hydrogens is 383 g/mol. The molecule has 0 unspecified atom stereocenters. The maximum Gasteiger partial charge on any atom is 0.164 e. The first kappa shape index (κ1) is 18.5. The second-order valence-corrected chi connectivity index (χ2v) is 10.3. The van der Waals surface area contributed by atoms with Crippen LogP contribution < -0.4 is 4.90 Å². The predicted molar refractivity (Wildman–Crippen MR) is 110 cm³/mol. The summed E-state index contributed by atoms with van der Waals surface area (Å²) in [6.45, 7) is 4.05. The van der Waals surface area contributed by atoms with Gasteiger partial charge in [0.25, 0.3) is 0 Å². The third-order valence-corrected chi connectivity index (χ3v) is 7.73. The smallest absolute Gasteiger partial charge is 0.164 e. The Morgan fingerprint density at radius 2 is 2.00 bits per heavy atom. The number of hydrogen-bond donors (Lipinski definition) is 0. The maximum absolute atomic E-state index is 13.5. The first-order valence-corrected chi connectivity index (χ1v) is 11.6. The van der Waals surface area contributed by atoms with Crippen LogP contribution in [0.4, 0.5) is 10.1 Å². The highest BCUT2D eigenvalue weighted by Crippen LogP contribution is 2.37. The number of halogens is 1. The van der Waals surface area contributed by atoms with Gasteiger partial charge in [-0.15, -0.1) is 0 Å². The van der Waals surface area contributed by atoms with Gasteiger partial charge in [-0.05, 0) is 48.7 Å². The van der Waals surface area contributed by atoms with Gasteiger partial charge in [0.2, 0.25) is 0 Å². The van der Waals surface area contributed by atoms with Crippen LogP contribution in [0.25, 0.3) is 0 Å². The molecule has 0 bridgehead atoms. The van der Waals surface area contributed by atoms with E-state index in [2.05, 4.69) is 23.1 Å². The number of anilines is 1. The highest BCUT2D eigenvalue weighted by Gasteiger charge is 2.47. The van der Waals surface area contributed by atoms with Gasteiger partial charge in [-0.25, -0.2) is 12.8 Å². The lowest BCUT2D eigenvalue weighted by Crippen LogP contribution is -2.39. The van der Waals surface area contributed by atoms with Gasteiger partial charge in [-0.1, -0.05) is 36.0 Å². The van der Waals surface area contributed by atoms with Crippen LogP contribution in [0.1, 0.15) is 16.7 Å². The summed E-state index contributed by atoms with van der Waals surface area (Å²) >= 11 is 1.53. The first-order valence-electron chi connectivity index (χ1n) is 8.84. The Morgan fingerprint density at radius 1 is 1.19 bits per heavy atom. The number of benzene rings is 2. The molecule has 2 aromatic carbocycles. The Kier molecular flexibility index (Phi) is 4.76. The van der Waals surface area contributed by atoms with E-state index in [-0.39, 0.29) is 29.4 Å². The number of hydrogen-bond acceptors (Lipinski definition) is 5. The van der Waals surface area contributed by atoms with E-state index in [4.69, 9.17) is 4.99 Å². The fourth-order valence-electron chi connectivity index (χ4n) is 3.67. The number of amidine groups is 1. The third kappa shape index (κ3) is 3.75. The van der Waals surface area contributed by atoms with Gasteiger partial charge < -0.3 is 4.90 Å². The molecule has 0 amide bonds. The minimum atomic E-state index is -3.07. The summed E-state index contributed by atoms with van der Waals surface area (Å²) in [5.74, 6) is 0.557. The van der Waals surface area contributed by atoms with Crippen molar-refractivity contribution in [2.45, 2.75) is 31.7 Å². The Labute approximate surface area is 163 Å². The fourth-order valence-corrected chi connectivity index (χ4v) is 6.57. The summed E-state index contributed by atoms with van der Waals surface area (Å²) in [6.07, 6.45) is 0. The zero-order valence-corrected chi connectivity index (χ0v) is 16.9. The number of aryl methyl sites for hydroxylation is 2. The summed E-state index contributed by atoms with van der Waals surface area (Å²) in [5.41, 5.74) is 4.09. The molecule has 0 saturated carbocycles. The standard InChI is InChI=1S/C20H21FN2O2S2/c1-13-6-7-14(2)18(8-13)23-19-12-27(24,25)11-17(19)22-20(23)26-10-15-4-3-5-16(21)9-15/h3-9,17,19H,10-12H2,1-2H3/t17-,19+/m0/s1. The maximum atomic E-state index is 13.5. The molecule has 142 valence electrons. The lowest BCUT2D eigenvalue weighted by Gasteiger charge is -2.28. The Morgan fingerprint density at radius 3 is 2.78 bits per heavy atom. The quantitative estimate of drug-likeness (QED) is 0.782. The lowest BCUT2D eigenvalue weighted by molar-refractivity contribution is 0.601. The summed E-state index contributed by atoms with van der Waals surface area (Å²) < 4.78 is 37.8. The second kappa shape index (κ2) is 6.95. The van der Waals surface area contributed by atoms with E-state index in [9.17, 15) is 12.8 Å². The molecule has 0 aromatic heterocycles. The molecule has 27 heavy (non-hydrogen) atoms. The summed E-state index contributed by atoms with van der Waals surface area (Å²) in [6, 6.07) is 12.3. The molecule has 7 heteroatoms. The van der Waals surface area contributed by atoms with Crippen molar-refractivity contribution in [3.63, 3.8) is 0 Å². The number of nitrogens with zero attached hydrogens (tertiary/aromatic N) is 2. The molecule has 0 N–H and O–H groups in total. The molecule has 2 aromatic rings. The van der Waals surface area contributed by atoms with Gasteiger partial charge >= 0.3 is 0 Å². The van der Waals surface area contributed by atoms with E-state index in [0.717, 1.165) is 27.5 Å². The molecule has 1 fully saturated rings. The van der Waals surface area contributed by atoms with Crippen LogP contribution in [0.2, 0.25) is 0 Å². The molecule has 2 aliphatic heterocycles. The van der Waals surface area contributed by atoms with Crippen molar-refractivity contribution in [2.24, 2.45) is 4.99 Å². The predicted octanol–water partition coefficient (Wildman–Crippen LogP) is 3.72. The van der Waals surface area contributed by atoms with Crippen LogP contribution in [0, 0.1) is 19.7 Å². The molecule has 2 heterocycles. The Hall–Kier alpha value is -1.86. The third-order valence-electron chi connectivity index (χ3n) is 4.99. The Balaban J connectivity index is 1.66. The number of sulfone groups is 1. The van der Waals surface area contributed by atoms with Gasteiger partial charge in [0.15, 0.2) is 15.0 Å². The average Bonchev–Trinajstić information content (AvgIpc) is 3.06. The molecule has 0 aliphatic carbocycles. The highest BCUT2D eigenvalue weighted by atomic mass is 32.2. The van der Waals surface area contributed by atoms with Crippen molar-refractivity contribution in [2.75, 3.05) is 16.4 Å². The molecule has 1 saturated heterocycles. The average molecular weight is 405 g/mol. The molecule has 2 aliphatic rings. The minimum absolute atomic E-state index is 0.100. The van der Waals surface area contributed by atoms with Crippen LogP contribution in [-0.2, 0) is 15.6 Å². The SMILES string of the molecule is Cc1ccc(C)c(N2C(SCc3cccc(F)c3)=N[C@H]3CS(=O)(=O)C[C@H]32)c1. The summed E-state index contributed by atoms with van der Waals surface area (Å²) in [7, 11) is -3.07. The Bertz CT molecular complexity index is 1020. The van der Waals surface area contributed by atoms with Gasteiger partial charge in [0, 0.05) is 11.4 Å². The van der Waals surface area contributed by atoms with E-state index >= 15 is 0 Å². The van der Waals surface area contributed by atoms with Gasteiger partial charge in [-0.2, -0.15) is 0 Å². The van der Waals surface area contributed by atoms with Crippen molar-refractivity contribution in [1.29, 1.82) is 0 Å². The summed E-state index contributed by atoms with van der Waals surface area (Å²) in [4.78, 5) is 6.83. The number of aliphatic imine (C=N–C) groups is 1. The topological polar surface area (TPSA) is 49.7 Å². The van der Waals surface area contributed by atoms with Crippen molar-refractivity contribution >= 4 is 32.5 Å². The molecule has 0 radical (unpaired) electrons. The van der Waals surface area contributed by atoms with Crippen LogP contribution in [-0.4, -0.2) is 37.2 Å². The van der Waals surface area contributed by atoms with Crippen molar-refractivity contribution in [3.05, 3.63) is 65.0 Å². The van der Waals surface area contributed by atoms with Crippen molar-refractivity contribution < 1.29 is 12.8 Å². The second-order valence-electron chi connectivity index (χ2n) is 7.20. The fraction of sp³-hybridized carbons (Fsp3) is 0.350. The highest BCUT2D eigenvalue weighted by molar-refractivity contribution is 8.13. The zero-order valence-electron chi connectivity index (χ0n) is 15.2. The zero-order chi connectivity index (χ0) is 19.2. The van der Waals surface area contributed by atoms with Crippen LogP contribution in [0.15, 0.2) is 47.5 Å². The van der Waals surface area contributed by atoms with Crippen LogP contribution in [0.3, 0.4) is 0 Å². The number of thioether (sulfide) groups is 1. The van der Waals surface area contributed by atoms with E-state index < -0.39 is 9.84 Å². The molecular formula is C20H21FN2O2S2. The van der Waals surface area contributed by atoms with E-state index in [1.807, 2.05) is 19.9 Å². The van der Waals surface area contributed by atoms with E-state index in [1.54, 1.807) is 6.07 Å². The molecule has 4 rings (SSSR count). The largest absolute Gasteiger partial charge is 0.315 e. The van der Waals surface area contributed by atoms with Gasteiger partial charge in [-0.3, -0.25) is 4.99 Å². The summed E-state index contributed by atoms with van der Waals surface area (Å²) in [5, 5.41) is 0.817. The number of fused-ring (bicyclic) bond motifs is 1. The van der Waals surface area contributed by atoms with E-state index in [0.29, 0.717) is 5.75 Å². The normalized spacial score (nSPS) is 23.4.